The molecule has 1 aromatic heterocycles. The van der Waals surface area contributed by atoms with E-state index in [0.717, 1.165) is 43.4 Å². The maximum atomic E-state index is 5.11. The van der Waals surface area contributed by atoms with Crippen LogP contribution >= 0.6 is 11.8 Å². The number of nitrogens with one attached hydrogen (secondary N) is 1. The highest BCUT2D eigenvalue weighted by molar-refractivity contribution is 7.99. The van der Waals surface area contributed by atoms with Crippen molar-refractivity contribution in [2.24, 2.45) is 0 Å². The zero-order valence-electron chi connectivity index (χ0n) is 9.48. The molecule has 1 aliphatic heterocycles. The van der Waals surface area contributed by atoms with Gasteiger partial charge in [-0.1, -0.05) is 18.7 Å². The average Bonchev–Trinajstić information content (AvgIpc) is 2.26. The molecule has 2 rings (SSSR count). The fourth-order valence-corrected chi connectivity index (χ4v) is 2.19. The highest BCUT2D eigenvalue weighted by Gasteiger charge is 2.20. The van der Waals surface area contributed by atoms with Gasteiger partial charge >= 0.3 is 0 Å². The number of thioether (sulfide) groups is 1. The molecule has 0 aliphatic carbocycles. The van der Waals surface area contributed by atoms with Crippen molar-refractivity contribution >= 4 is 11.8 Å². The van der Waals surface area contributed by atoms with Crippen molar-refractivity contribution < 1.29 is 4.74 Å². The summed E-state index contributed by atoms with van der Waals surface area (Å²) in [5.74, 6) is 0. The summed E-state index contributed by atoms with van der Waals surface area (Å²) < 4.78 is 5.11. The predicted octanol–water partition coefficient (Wildman–Crippen LogP) is 1.47. The van der Waals surface area contributed by atoms with Gasteiger partial charge in [-0.25, -0.2) is 9.97 Å². The maximum absolute atomic E-state index is 5.11. The van der Waals surface area contributed by atoms with Gasteiger partial charge in [0.25, 0.3) is 0 Å². The summed E-state index contributed by atoms with van der Waals surface area (Å²) in [6.45, 7) is 5.70. The monoisotopic (exact) mass is 239 g/mol. The number of nitrogens with zero attached hydrogens (tertiary/aromatic N) is 2. The number of ether oxygens (including phenoxy) is 1. The Morgan fingerprint density at radius 1 is 1.44 bits per heavy atom. The molecule has 1 aliphatic rings. The Bertz CT molecular complexity index is 314. The minimum absolute atomic E-state index is 0.545. The van der Waals surface area contributed by atoms with Crippen LogP contribution in [0.1, 0.15) is 18.9 Å². The molecule has 0 amide bonds. The highest BCUT2D eigenvalue weighted by atomic mass is 32.2. The van der Waals surface area contributed by atoms with Crippen LogP contribution in [0.4, 0.5) is 0 Å². The average molecular weight is 239 g/mol. The second kappa shape index (κ2) is 6.18. The minimum Gasteiger partial charge on any atom is -0.379 e. The normalized spacial score (nSPS) is 16.1. The van der Waals surface area contributed by atoms with E-state index in [4.69, 9.17) is 4.74 Å². The summed E-state index contributed by atoms with van der Waals surface area (Å²) >= 11 is 1.70. The van der Waals surface area contributed by atoms with Gasteiger partial charge in [0.1, 0.15) is 0 Å². The highest BCUT2D eigenvalue weighted by Crippen LogP contribution is 2.24. The first-order chi connectivity index (χ1) is 7.88. The third-order valence-corrected chi connectivity index (χ3v) is 3.34. The third kappa shape index (κ3) is 3.43. The van der Waals surface area contributed by atoms with E-state index in [9.17, 15) is 0 Å². The molecule has 0 aromatic carbocycles. The molecule has 4 nitrogen and oxygen atoms in total. The quantitative estimate of drug-likeness (QED) is 0.601. The van der Waals surface area contributed by atoms with Crippen LogP contribution in [-0.4, -0.2) is 35.0 Å². The molecule has 1 saturated heterocycles. The summed E-state index contributed by atoms with van der Waals surface area (Å²) in [4.78, 5) is 8.67. The van der Waals surface area contributed by atoms with Gasteiger partial charge in [0, 0.05) is 24.5 Å². The zero-order valence-corrected chi connectivity index (χ0v) is 10.3. The van der Waals surface area contributed by atoms with Crippen LogP contribution < -0.4 is 5.32 Å². The Kier molecular flexibility index (Phi) is 4.56. The van der Waals surface area contributed by atoms with Crippen LogP contribution in [0.3, 0.4) is 0 Å². The van der Waals surface area contributed by atoms with Crippen LogP contribution in [-0.2, 0) is 11.3 Å². The second-order valence-corrected chi connectivity index (χ2v) is 5.10. The molecule has 5 heteroatoms. The van der Waals surface area contributed by atoms with E-state index in [1.807, 2.05) is 12.4 Å². The van der Waals surface area contributed by atoms with Gasteiger partial charge in [0.2, 0.25) is 0 Å². The van der Waals surface area contributed by atoms with Crippen LogP contribution in [0.25, 0.3) is 0 Å². The molecular formula is C11H17N3OS. The maximum Gasteiger partial charge on any atom is 0.187 e. The topological polar surface area (TPSA) is 47.0 Å². The Balaban J connectivity index is 1.78. The standard InChI is InChI=1S/C11H17N3OS/c1-2-3-12-4-9-5-13-11(14-6-9)16-10-7-15-8-10/h5-6,10,12H,2-4,7-8H2,1H3. The number of hydrogen-bond acceptors (Lipinski definition) is 5. The Morgan fingerprint density at radius 3 is 2.75 bits per heavy atom. The predicted molar refractivity (Wildman–Crippen MR) is 64.5 cm³/mol. The molecule has 0 unspecified atom stereocenters. The van der Waals surface area contributed by atoms with Gasteiger partial charge in [0.15, 0.2) is 5.16 Å². The number of hydrogen-bond donors (Lipinski definition) is 1. The molecule has 2 heterocycles. The third-order valence-electron chi connectivity index (χ3n) is 2.32. The van der Waals surface area contributed by atoms with Crippen LogP contribution in [0.15, 0.2) is 17.6 Å². The van der Waals surface area contributed by atoms with Gasteiger partial charge in [0.05, 0.1) is 18.5 Å². The molecule has 0 bridgehead atoms. The van der Waals surface area contributed by atoms with Gasteiger partial charge in [-0.05, 0) is 13.0 Å². The molecular weight excluding hydrogens is 222 g/mol. The van der Waals surface area contributed by atoms with Crippen LogP contribution in [0.2, 0.25) is 0 Å². The van der Waals surface area contributed by atoms with E-state index >= 15 is 0 Å². The summed E-state index contributed by atoms with van der Waals surface area (Å²) in [6, 6.07) is 0. The molecule has 1 N–H and O–H groups in total. The van der Waals surface area contributed by atoms with Crippen molar-refractivity contribution in [3.8, 4) is 0 Å². The lowest BCUT2D eigenvalue weighted by molar-refractivity contribution is 0.0454. The van der Waals surface area contributed by atoms with E-state index < -0.39 is 0 Å². The van der Waals surface area contributed by atoms with E-state index in [1.165, 1.54) is 0 Å². The fraction of sp³-hybridized carbons (Fsp3) is 0.636. The Morgan fingerprint density at radius 2 is 2.19 bits per heavy atom. The lowest BCUT2D eigenvalue weighted by Crippen LogP contribution is -2.30. The molecule has 88 valence electrons. The van der Waals surface area contributed by atoms with Gasteiger partial charge in [-0.15, -0.1) is 0 Å². The van der Waals surface area contributed by atoms with Crippen LogP contribution in [0, 0.1) is 0 Å². The molecule has 16 heavy (non-hydrogen) atoms. The molecule has 0 saturated carbocycles. The molecule has 0 spiro atoms. The Labute approximate surface area is 100 Å². The molecule has 0 radical (unpaired) electrons. The summed E-state index contributed by atoms with van der Waals surface area (Å²) in [6.07, 6.45) is 4.95. The van der Waals surface area contributed by atoms with Gasteiger partial charge in [-0.2, -0.15) is 0 Å². The van der Waals surface area contributed by atoms with Crippen molar-refractivity contribution in [2.75, 3.05) is 19.8 Å². The smallest absolute Gasteiger partial charge is 0.187 e. The molecule has 1 aromatic rings. The SMILES string of the molecule is CCCNCc1cnc(SC2COC2)nc1. The second-order valence-electron chi connectivity index (χ2n) is 3.83. The van der Waals surface area contributed by atoms with Crippen molar-refractivity contribution in [3.63, 3.8) is 0 Å². The van der Waals surface area contributed by atoms with Gasteiger partial charge in [-0.3, -0.25) is 0 Å². The van der Waals surface area contributed by atoms with Crippen molar-refractivity contribution in [1.82, 2.24) is 15.3 Å². The largest absolute Gasteiger partial charge is 0.379 e. The number of aromatic nitrogens is 2. The minimum atomic E-state index is 0.545. The first kappa shape index (κ1) is 11.8. The summed E-state index contributed by atoms with van der Waals surface area (Å²) in [5.41, 5.74) is 1.14. The van der Waals surface area contributed by atoms with Crippen molar-refractivity contribution in [1.29, 1.82) is 0 Å². The molecule has 1 fully saturated rings. The van der Waals surface area contributed by atoms with E-state index in [0.29, 0.717) is 5.25 Å². The number of rotatable bonds is 6. The lowest BCUT2D eigenvalue weighted by Gasteiger charge is -2.24. The van der Waals surface area contributed by atoms with E-state index in [-0.39, 0.29) is 0 Å². The lowest BCUT2D eigenvalue weighted by atomic mass is 10.3. The zero-order chi connectivity index (χ0) is 11.2. The van der Waals surface area contributed by atoms with Crippen LogP contribution in [0.5, 0.6) is 0 Å². The summed E-state index contributed by atoms with van der Waals surface area (Å²) in [7, 11) is 0. The first-order valence-electron chi connectivity index (χ1n) is 5.64. The van der Waals surface area contributed by atoms with E-state index in [1.54, 1.807) is 11.8 Å². The Hall–Kier alpha value is -0.650. The first-order valence-corrected chi connectivity index (χ1v) is 6.52. The fourth-order valence-electron chi connectivity index (χ4n) is 1.34. The van der Waals surface area contributed by atoms with E-state index in [2.05, 4.69) is 22.2 Å². The van der Waals surface area contributed by atoms with Crippen molar-refractivity contribution in [3.05, 3.63) is 18.0 Å². The molecule has 0 atom stereocenters. The summed E-state index contributed by atoms with van der Waals surface area (Å²) in [5, 5.41) is 4.73. The van der Waals surface area contributed by atoms with Gasteiger partial charge < -0.3 is 10.1 Å². The van der Waals surface area contributed by atoms with Crippen molar-refractivity contribution in [2.45, 2.75) is 30.3 Å².